The lowest BCUT2D eigenvalue weighted by atomic mass is 10.1. The summed E-state index contributed by atoms with van der Waals surface area (Å²) in [6.45, 7) is 0.138. The van der Waals surface area contributed by atoms with E-state index in [0.29, 0.717) is 0 Å². The van der Waals surface area contributed by atoms with Crippen LogP contribution < -0.4 is 0 Å². The molecule has 10 heteroatoms. The van der Waals surface area contributed by atoms with Crippen molar-refractivity contribution in [3.8, 4) is 0 Å². The predicted octanol–water partition coefficient (Wildman–Crippen LogP) is 2.80. The summed E-state index contributed by atoms with van der Waals surface area (Å²) in [7, 11) is 0. The van der Waals surface area contributed by atoms with Gasteiger partial charge < -0.3 is 5.11 Å². The first kappa shape index (κ1) is 18.0. The van der Waals surface area contributed by atoms with Crippen molar-refractivity contribution in [1.29, 1.82) is 0 Å². The van der Waals surface area contributed by atoms with Crippen LogP contribution in [0.3, 0.4) is 0 Å². The lowest BCUT2D eigenvalue weighted by Gasteiger charge is -2.13. The van der Waals surface area contributed by atoms with E-state index >= 15 is 0 Å². The van der Waals surface area contributed by atoms with Crippen LogP contribution >= 0.6 is 24.0 Å². The third-order valence-electron chi connectivity index (χ3n) is 3.12. The summed E-state index contributed by atoms with van der Waals surface area (Å²) in [6, 6.07) is 2.95. The Bertz CT molecular complexity index is 766. The number of aliphatic carboxylic acids is 1. The molecule has 1 saturated heterocycles. The Hall–Kier alpha value is -2.33. The second-order valence-corrected chi connectivity index (χ2v) is 6.47. The maximum Gasteiger partial charge on any atom is 0.303 e. The number of nitro benzene ring substituents is 1. The molecule has 1 aliphatic heterocycles. The zero-order valence-corrected chi connectivity index (χ0v) is 13.7. The topological polar surface area (TPSA) is 101 Å². The van der Waals surface area contributed by atoms with Crippen LogP contribution in [0.15, 0.2) is 23.1 Å². The highest BCUT2D eigenvalue weighted by atomic mass is 32.2. The molecule has 1 amide bonds. The van der Waals surface area contributed by atoms with E-state index in [4.69, 9.17) is 17.3 Å². The van der Waals surface area contributed by atoms with E-state index in [0.717, 1.165) is 30.0 Å². The van der Waals surface area contributed by atoms with Crippen molar-refractivity contribution in [3.63, 3.8) is 0 Å². The highest BCUT2D eigenvalue weighted by molar-refractivity contribution is 8.26. The summed E-state index contributed by atoms with van der Waals surface area (Å²) in [5, 5.41) is 19.6. The van der Waals surface area contributed by atoms with Crippen LogP contribution in [0.5, 0.6) is 0 Å². The van der Waals surface area contributed by atoms with Gasteiger partial charge in [0.2, 0.25) is 0 Å². The normalized spacial score (nSPS) is 16.0. The van der Waals surface area contributed by atoms with Gasteiger partial charge in [0.1, 0.15) is 10.1 Å². The number of nitrogens with zero attached hydrogens (tertiary/aromatic N) is 2. The average Bonchev–Trinajstić information content (AvgIpc) is 2.74. The molecule has 0 atom stereocenters. The fourth-order valence-electron chi connectivity index (χ4n) is 2.03. The maximum atomic E-state index is 13.3. The molecule has 2 rings (SSSR count). The molecule has 7 nitrogen and oxygen atoms in total. The number of benzene rings is 1. The predicted molar refractivity (Wildman–Crippen MR) is 89.8 cm³/mol. The minimum atomic E-state index is -0.980. The van der Waals surface area contributed by atoms with Crippen LogP contribution in [-0.2, 0) is 9.59 Å². The Morgan fingerprint density at radius 3 is 2.83 bits per heavy atom. The molecule has 24 heavy (non-hydrogen) atoms. The first-order valence-corrected chi connectivity index (χ1v) is 7.93. The van der Waals surface area contributed by atoms with Crippen LogP contribution in [-0.4, -0.2) is 37.7 Å². The molecule has 0 unspecified atom stereocenters. The van der Waals surface area contributed by atoms with Gasteiger partial charge in [0.05, 0.1) is 15.4 Å². The van der Waals surface area contributed by atoms with E-state index in [1.54, 1.807) is 0 Å². The van der Waals surface area contributed by atoms with E-state index in [-0.39, 0.29) is 39.9 Å². The third-order valence-corrected chi connectivity index (χ3v) is 4.50. The van der Waals surface area contributed by atoms with Gasteiger partial charge in [-0.25, -0.2) is 4.39 Å². The number of thioether (sulfide) groups is 1. The number of amides is 1. The van der Waals surface area contributed by atoms with Crippen molar-refractivity contribution in [3.05, 3.63) is 44.6 Å². The lowest BCUT2D eigenvalue weighted by molar-refractivity contribution is -0.385. The number of carbonyl (C=O) groups excluding carboxylic acids is 1. The summed E-state index contributed by atoms with van der Waals surface area (Å²) in [5.41, 5.74) is -0.362. The molecule has 0 saturated carbocycles. The molecule has 0 bridgehead atoms. The summed E-state index contributed by atoms with van der Waals surface area (Å²) >= 11 is 6.01. The van der Waals surface area contributed by atoms with Gasteiger partial charge in [-0.15, -0.1) is 0 Å². The summed E-state index contributed by atoms with van der Waals surface area (Å²) < 4.78 is 13.6. The Balaban J connectivity index is 2.24. The number of thiocarbonyl (C=S) groups is 1. The fourth-order valence-corrected chi connectivity index (χ4v) is 3.33. The van der Waals surface area contributed by atoms with Gasteiger partial charge in [-0.3, -0.25) is 24.6 Å². The number of carbonyl (C=O) groups is 2. The van der Waals surface area contributed by atoms with Crippen LogP contribution in [0.1, 0.15) is 18.4 Å². The quantitative estimate of drug-likeness (QED) is 0.356. The molecule has 1 heterocycles. The number of hydrogen-bond donors (Lipinski definition) is 1. The molecule has 1 aliphatic rings. The van der Waals surface area contributed by atoms with E-state index < -0.39 is 22.6 Å². The lowest BCUT2D eigenvalue weighted by Crippen LogP contribution is -2.29. The van der Waals surface area contributed by atoms with E-state index in [1.807, 2.05) is 0 Å². The van der Waals surface area contributed by atoms with Crippen molar-refractivity contribution in [2.24, 2.45) is 0 Å². The second-order valence-electron chi connectivity index (χ2n) is 4.79. The largest absolute Gasteiger partial charge is 0.481 e. The zero-order chi connectivity index (χ0) is 17.9. The monoisotopic (exact) mass is 370 g/mol. The molecule has 1 N–H and O–H groups in total. The molecule has 0 aliphatic carbocycles. The van der Waals surface area contributed by atoms with E-state index in [9.17, 15) is 24.1 Å². The number of halogens is 1. The van der Waals surface area contributed by atoms with Gasteiger partial charge in [-0.05, 0) is 24.6 Å². The summed E-state index contributed by atoms with van der Waals surface area (Å²) in [5.74, 6) is -2.12. The standard InChI is InChI=1S/C14H11FN2O5S2/c15-9-3-4-10(17(21)22)8(6-9)7-11-13(20)16(14(23)24-11)5-1-2-12(18)19/h3-4,6-7H,1-2,5H2,(H,18,19). The first-order valence-electron chi connectivity index (χ1n) is 6.70. The minimum Gasteiger partial charge on any atom is -0.481 e. The highest BCUT2D eigenvalue weighted by Crippen LogP contribution is 2.34. The highest BCUT2D eigenvalue weighted by Gasteiger charge is 2.32. The third kappa shape index (κ3) is 4.15. The summed E-state index contributed by atoms with van der Waals surface area (Å²) in [4.78, 5) is 34.5. The van der Waals surface area contributed by atoms with Crippen LogP contribution in [0.2, 0.25) is 0 Å². The first-order chi connectivity index (χ1) is 11.3. The molecule has 1 aromatic carbocycles. The van der Waals surface area contributed by atoms with Crippen molar-refractivity contribution in [1.82, 2.24) is 4.90 Å². The van der Waals surface area contributed by atoms with E-state index in [1.165, 1.54) is 11.0 Å². The molecular formula is C14H11FN2O5S2. The second kappa shape index (κ2) is 7.49. The molecule has 0 spiro atoms. The number of hydrogen-bond acceptors (Lipinski definition) is 6. The molecular weight excluding hydrogens is 359 g/mol. The van der Waals surface area contributed by atoms with Gasteiger partial charge in [-0.1, -0.05) is 24.0 Å². The molecule has 126 valence electrons. The van der Waals surface area contributed by atoms with Crippen LogP contribution in [0, 0.1) is 15.9 Å². The molecule has 1 aromatic rings. The van der Waals surface area contributed by atoms with Gasteiger partial charge in [-0.2, -0.15) is 0 Å². The van der Waals surface area contributed by atoms with E-state index in [2.05, 4.69) is 0 Å². The van der Waals surface area contributed by atoms with Crippen molar-refractivity contribution in [2.45, 2.75) is 12.8 Å². The number of carboxylic acids is 1. The van der Waals surface area contributed by atoms with Crippen LogP contribution in [0.25, 0.3) is 6.08 Å². The zero-order valence-electron chi connectivity index (χ0n) is 12.1. The molecule has 0 radical (unpaired) electrons. The summed E-state index contributed by atoms with van der Waals surface area (Å²) in [6.07, 6.45) is 1.35. The Kier molecular flexibility index (Phi) is 5.62. The van der Waals surface area contributed by atoms with Gasteiger partial charge in [0.15, 0.2) is 0 Å². The number of nitro groups is 1. The van der Waals surface area contributed by atoms with Gasteiger partial charge >= 0.3 is 5.97 Å². The van der Waals surface area contributed by atoms with Crippen molar-refractivity contribution < 1.29 is 24.0 Å². The van der Waals surface area contributed by atoms with Crippen molar-refractivity contribution >= 4 is 51.9 Å². The molecule has 1 fully saturated rings. The van der Waals surface area contributed by atoms with Crippen molar-refractivity contribution in [2.75, 3.05) is 6.54 Å². The van der Waals surface area contributed by atoms with Gasteiger partial charge in [0.25, 0.3) is 11.6 Å². The van der Waals surface area contributed by atoms with Crippen LogP contribution in [0.4, 0.5) is 10.1 Å². The Morgan fingerprint density at radius 1 is 1.50 bits per heavy atom. The van der Waals surface area contributed by atoms with Gasteiger partial charge in [0, 0.05) is 19.0 Å². The molecule has 0 aromatic heterocycles. The smallest absolute Gasteiger partial charge is 0.303 e. The fraction of sp³-hybridized carbons (Fsp3) is 0.214. The number of rotatable bonds is 6. The Morgan fingerprint density at radius 2 is 2.21 bits per heavy atom. The Labute approximate surface area is 145 Å². The average molecular weight is 370 g/mol. The maximum absolute atomic E-state index is 13.3. The minimum absolute atomic E-state index is 0.0361. The SMILES string of the molecule is O=C(O)CCCN1C(=O)C(=Cc2cc(F)ccc2[N+](=O)[O-])SC1=S. The number of carboxylic acid groups (broad SMARTS) is 1.